The fraction of sp³-hybridized carbons (Fsp3) is 0.0455. The van der Waals surface area contributed by atoms with Gasteiger partial charge in [-0.25, -0.2) is 8.78 Å². The number of nitrogens with zero attached hydrogens (tertiary/aromatic N) is 2. The van der Waals surface area contributed by atoms with Gasteiger partial charge in [0.25, 0.3) is 0 Å². The second-order valence-electron chi connectivity index (χ2n) is 6.24. The average Bonchev–Trinajstić information content (AvgIpc) is 2.73. The third-order valence-corrected chi connectivity index (χ3v) is 4.53. The van der Waals surface area contributed by atoms with Crippen molar-refractivity contribution in [3.63, 3.8) is 0 Å². The third kappa shape index (κ3) is 3.93. The SMILES string of the molecule is O=C(c1ccc2nccnc2c1)c1c(F)ccc(OCc2cccc(Cl)c2)c1F. The number of halogens is 3. The minimum Gasteiger partial charge on any atom is -0.486 e. The third-order valence-electron chi connectivity index (χ3n) is 4.30. The van der Waals surface area contributed by atoms with E-state index in [1.807, 2.05) is 0 Å². The predicted octanol–water partition coefficient (Wildman–Crippen LogP) is 5.37. The van der Waals surface area contributed by atoms with Crippen LogP contribution in [-0.2, 0) is 6.61 Å². The van der Waals surface area contributed by atoms with Crippen LogP contribution in [0.3, 0.4) is 0 Å². The number of rotatable bonds is 5. The van der Waals surface area contributed by atoms with E-state index in [1.165, 1.54) is 24.5 Å². The summed E-state index contributed by atoms with van der Waals surface area (Å²) in [6.07, 6.45) is 2.99. The molecule has 0 spiro atoms. The van der Waals surface area contributed by atoms with Crippen molar-refractivity contribution in [3.05, 3.63) is 100 Å². The van der Waals surface area contributed by atoms with Crippen molar-refractivity contribution >= 4 is 28.4 Å². The number of hydrogen-bond acceptors (Lipinski definition) is 4. The lowest BCUT2D eigenvalue weighted by Crippen LogP contribution is -2.10. The molecule has 0 saturated heterocycles. The summed E-state index contributed by atoms with van der Waals surface area (Å²) in [6.45, 7) is 0.0162. The zero-order valence-electron chi connectivity index (χ0n) is 14.9. The monoisotopic (exact) mass is 410 g/mol. The summed E-state index contributed by atoms with van der Waals surface area (Å²) in [7, 11) is 0. The van der Waals surface area contributed by atoms with Gasteiger partial charge in [0.1, 0.15) is 12.4 Å². The van der Waals surface area contributed by atoms with Gasteiger partial charge >= 0.3 is 0 Å². The number of carbonyl (C=O) groups excluding carboxylic acids is 1. The molecule has 0 bridgehead atoms. The lowest BCUT2D eigenvalue weighted by molar-refractivity contribution is 0.103. The fourth-order valence-electron chi connectivity index (χ4n) is 2.89. The quantitative estimate of drug-likeness (QED) is 0.415. The van der Waals surface area contributed by atoms with E-state index in [9.17, 15) is 13.6 Å². The summed E-state index contributed by atoms with van der Waals surface area (Å²) in [5, 5.41) is 0.515. The standard InChI is InChI=1S/C22H13ClF2N2O2/c23-15-3-1-2-13(10-15)12-29-19-7-5-16(24)20(21(19)25)22(28)14-4-6-17-18(11-14)27-9-8-26-17/h1-11H,12H2. The van der Waals surface area contributed by atoms with Crippen LogP contribution in [-0.4, -0.2) is 15.8 Å². The Balaban J connectivity index is 1.65. The summed E-state index contributed by atoms with van der Waals surface area (Å²) in [5.74, 6) is -3.06. The Morgan fingerprint density at radius 1 is 0.966 bits per heavy atom. The number of fused-ring (bicyclic) bond motifs is 1. The van der Waals surface area contributed by atoms with Crippen molar-refractivity contribution in [1.29, 1.82) is 0 Å². The zero-order valence-corrected chi connectivity index (χ0v) is 15.7. The van der Waals surface area contributed by atoms with Gasteiger partial charge in [0.05, 0.1) is 16.6 Å². The number of benzene rings is 3. The second kappa shape index (κ2) is 7.93. The first-order valence-electron chi connectivity index (χ1n) is 8.63. The molecular formula is C22H13ClF2N2O2. The minimum absolute atomic E-state index is 0.0162. The number of ether oxygens (including phenoxy) is 1. The molecule has 4 aromatic rings. The maximum atomic E-state index is 14.9. The van der Waals surface area contributed by atoms with Crippen LogP contribution in [0.25, 0.3) is 11.0 Å². The topological polar surface area (TPSA) is 52.1 Å². The highest BCUT2D eigenvalue weighted by Gasteiger charge is 2.23. The molecule has 0 unspecified atom stereocenters. The van der Waals surface area contributed by atoms with Gasteiger partial charge in [0.15, 0.2) is 17.3 Å². The molecule has 4 nitrogen and oxygen atoms in total. The van der Waals surface area contributed by atoms with Crippen LogP contribution in [0.2, 0.25) is 5.02 Å². The van der Waals surface area contributed by atoms with Gasteiger partial charge in [-0.15, -0.1) is 0 Å². The lowest BCUT2D eigenvalue weighted by Gasteiger charge is -2.11. The number of aromatic nitrogens is 2. The van der Waals surface area contributed by atoms with Crippen molar-refractivity contribution < 1.29 is 18.3 Å². The Morgan fingerprint density at radius 2 is 1.76 bits per heavy atom. The Morgan fingerprint density at radius 3 is 2.55 bits per heavy atom. The largest absolute Gasteiger partial charge is 0.486 e. The maximum Gasteiger partial charge on any atom is 0.199 e. The lowest BCUT2D eigenvalue weighted by atomic mass is 10.0. The molecule has 0 atom stereocenters. The molecule has 29 heavy (non-hydrogen) atoms. The second-order valence-corrected chi connectivity index (χ2v) is 6.68. The van der Waals surface area contributed by atoms with E-state index in [-0.39, 0.29) is 17.9 Å². The molecule has 0 radical (unpaired) electrons. The minimum atomic E-state index is -1.06. The molecule has 4 rings (SSSR count). The summed E-state index contributed by atoms with van der Waals surface area (Å²) in [5.41, 5.74) is 1.15. The van der Waals surface area contributed by atoms with Gasteiger partial charge in [0, 0.05) is 23.0 Å². The predicted molar refractivity (Wildman–Crippen MR) is 105 cm³/mol. The molecule has 0 aliphatic rings. The van der Waals surface area contributed by atoms with E-state index in [4.69, 9.17) is 16.3 Å². The van der Waals surface area contributed by atoms with Gasteiger partial charge in [-0.05, 0) is 48.0 Å². The van der Waals surface area contributed by atoms with Gasteiger partial charge in [0.2, 0.25) is 0 Å². The van der Waals surface area contributed by atoms with E-state index in [1.54, 1.807) is 30.3 Å². The number of ketones is 1. The summed E-state index contributed by atoms with van der Waals surface area (Å²) < 4.78 is 34.7. The molecule has 1 heterocycles. The maximum absolute atomic E-state index is 14.9. The van der Waals surface area contributed by atoms with Crippen LogP contribution in [0.15, 0.2) is 67.0 Å². The molecule has 144 valence electrons. The van der Waals surface area contributed by atoms with Crippen LogP contribution in [0.4, 0.5) is 8.78 Å². The van der Waals surface area contributed by atoms with E-state index in [0.717, 1.165) is 12.1 Å². The van der Waals surface area contributed by atoms with Gasteiger partial charge in [-0.2, -0.15) is 0 Å². The van der Waals surface area contributed by atoms with E-state index in [0.29, 0.717) is 21.6 Å². The Kier molecular flexibility index (Phi) is 5.18. The molecule has 0 aliphatic heterocycles. The molecular weight excluding hydrogens is 398 g/mol. The highest BCUT2D eigenvalue weighted by molar-refractivity contribution is 6.30. The molecule has 0 aliphatic carbocycles. The average molecular weight is 411 g/mol. The highest BCUT2D eigenvalue weighted by Crippen LogP contribution is 2.27. The van der Waals surface area contributed by atoms with E-state index < -0.39 is 23.0 Å². The summed E-state index contributed by atoms with van der Waals surface area (Å²) >= 11 is 5.92. The first-order chi connectivity index (χ1) is 14.0. The van der Waals surface area contributed by atoms with Crippen LogP contribution < -0.4 is 4.74 Å². The molecule has 0 N–H and O–H groups in total. The molecule has 1 aromatic heterocycles. The van der Waals surface area contributed by atoms with Crippen LogP contribution in [0.1, 0.15) is 21.5 Å². The van der Waals surface area contributed by atoms with Gasteiger partial charge in [-0.3, -0.25) is 14.8 Å². The van der Waals surface area contributed by atoms with Crippen LogP contribution >= 0.6 is 11.6 Å². The normalized spacial score (nSPS) is 10.9. The summed E-state index contributed by atoms with van der Waals surface area (Å²) in [6, 6.07) is 13.5. The van der Waals surface area contributed by atoms with Gasteiger partial charge < -0.3 is 4.74 Å². The highest BCUT2D eigenvalue weighted by atomic mass is 35.5. The van der Waals surface area contributed by atoms with Crippen LogP contribution in [0.5, 0.6) is 5.75 Å². The van der Waals surface area contributed by atoms with Gasteiger partial charge in [-0.1, -0.05) is 23.7 Å². The van der Waals surface area contributed by atoms with Crippen molar-refractivity contribution in [3.8, 4) is 5.75 Å². The Hall–Kier alpha value is -3.38. The molecule has 3 aromatic carbocycles. The molecule has 7 heteroatoms. The van der Waals surface area contributed by atoms with Crippen molar-refractivity contribution in [1.82, 2.24) is 9.97 Å². The van der Waals surface area contributed by atoms with Crippen molar-refractivity contribution in [2.24, 2.45) is 0 Å². The van der Waals surface area contributed by atoms with E-state index in [2.05, 4.69) is 9.97 Å². The van der Waals surface area contributed by atoms with E-state index >= 15 is 0 Å². The Labute approximate surface area is 169 Å². The van der Waals surface area contributed by atoms with Crippen molar-refractivity contribution in [2.45, 2.75) is 6.61 Å². The molecule has 0 amide bonds. The zero-order chi connectivity index (χ0) is 20.4. The van der Waals surface area contributed by atoms with Crippen LogP contribution in [0, 0.1) is 11.6 Å². The number of carbonyl (C=O) groups is 1. The fourth-order valence-corrected chi connectivity index (χ4v) is 3.10. The smallest absolute Gasteiger partial charge is 0.199 e. The number of hydrogen-bond donors (Lipinski definition) is 0. The molecule has 0 fully saturated rings. The molecule has 0 saturated carbocycles. The van der Waals surface area contributed by atoms with Crippen molar-refractivity contribution in [2.75, 3.05) is 0 Å². The Bertz CT molecular complexity index is 1230. The first kappa shape index (κ1) is 19.0. The summed E-state index contributed by atoms with van der Waals surface area (Å²) in [4.78, 5) is 21.0. The first-order valence-corrected chi connectivity index (χ1v) is 9.01.